The summed E-state index contributed by atoms with van der Waals surface area (Å²) >= 11 is 1.79. The Kier molecular flexibility index (Phi) is 7.15. The Morgan fingerprint density at radius 2 is 1.64 bits per heavy atom. The second-order valence-corrected chi connectivity index (χ2v) is 7.54. The van der Waals surface area contributed by atoms with Crippen molar-refractivity contribution in [3.63, 3.8) is 0 Å². The fourth-order valence-electron chi connectivity index (χ4n) is 2.82. The van der Waals surface area contributed by atoms with Gasteiger partial charge in [0.15, 0.2) is 0 Å². The van der Waals surface area contributed by atoms with Crippen LogP contribution in [0.4, 0.5) is 0 Å². The third-order valence-corrected chi connectivity index (χ3v) is 5.49. The molecule has 3 aromatic rings. The molecular formula is C24H25NO2S. The zero-order chi connectivity index (χ0) is 19.8. The molecule has 28 heavy (non-hydrogen) atoms. The van der Waals surface area contributed by atoms with Gasteiger partial charge >= 0.3 is 0 Å². The van der Waals surface area contributed by atoms with Crippen molar-refractivity contribution >= 4 is 17.7 Å². The first-order chi connectivity index (χ1) is 13.7. The van der Waals surface area contributed by atoms with Gasteiger partial charge in [0.2, 0.25) is 0 Å². The predicted molar refractivity (Wildman–Crippen MR) is 116 cm³/mol. The summed E-state index contributed by atoms with van der Waals surface area (Å²) in [6, 6.07) is 25.9. The van der Waals surface area contributed by atoms with E-state index in [1.165, 1.54) is 10.5 Å². The molecule has 1 atom stereocenters. The normalized spacial score (nSPS) is 11.6. The van der Waals surface area contributed by atoms with E-state index in [1.54, 1.807) is 11.8 Å². The molecule has 0 aliphatic rings. The number of carbonyl (C=O) groups is 1. The zero-order valence-electron chi connectivity index (χ0n) is 16.2. The maximum Gasteiger partial charge on any atom is 0.251 e. The summed E-state index contributed by atoms with van der Waals surface area (Å²) in [5, 5.41) is 3.06. The quantitative estimate of drug-likeness (QED) is 0.488. The van der Waals surface area contributed by atoms with Crippen molar-refractivity contribution in [3.05, 3.63) is 95.6 Å². The van der Waals surface area contributed by atoms with Crippen LogP contribution in [0.1, 0.15) is 41.4 Å². The molecule has 0 aliphatic heterocycles. The smallest absolute Gasteiger partial charge is 0.251 e. The van der Waals surface area contributed by atoms with E-state index in [9.17, 15) is 4.79 Å². The number of benzene rings is 3. The maximum absolute atomic E-state index is 12.5. The number of carbonyl (C=O) groups excluding carboxylic acids is 1. The Morgan fingerprint density at radius 3 is 2.29 bits per heavy atom. The molecule has 1 unspecified atom stereocenters. The summed E-state index contributed by atoms with van der Waals surface area (Å²) in [7, 11) is 0. The highest BCUT2D eigenvalue weighted by molar-refractivity contribution is 7.98. The number of hydrogen-bond acceptors (Lipinski definition) is 3. The number of hydrogen-bond donors (Lipinski definition) is 1. The highest BCUT2D eigenvalue weighted by atomic mass is 32.2. The summed E-state index contributed by atoms with van der Waals surface area (Å²) in [5.74, 6) is 1.66. The van der Waals surface area contributed by atoms with Crippen LogP contribution in [0.25, 0.3) is 0 Å². The number of thioether (sulfide) groups is 1. The molecule has 1 amide bonds. The van der Waals surface area contributed by atoms with Crippen LogP contribution in [0.2, 0.25) is 0 Å². The third-order valence-electron chi connectivity index (χ3n) is 4.40. The second-order valence-electron chi connectivity index (χ2n) is 6.50. The highest BCUT2D eigenvalue weighted by Gasteiger charge is 2.11. The van der Waals surface area contributed by atoms with Crippen molar-refractivity contribution in [2.45, 2.75) is 30.5 Å². The van der Waals surface area contributed by atoms with Crippen molar-refractivity contribution in [2.75, 3.05) is 6.61 Å². The van der Waals surface area contributed by atoms with Gasteiger partial charge in [-0.1, -0.05) is 42.5 Å². The van der Waals surface area contributed by atoms with Crippen LogP contribution in [0.15, 0.2) is 83.8 Å². The van der Waals surface area contributed by atoms with E-state index >= 15 is 0 Å². The van der Waals surface area contributed by atoms with Gasteiger partial charge in [-0.2, -0.15) is 0 Å². The van der Waals surface area contributed by atoms with Crippen LogP contribution in [0.5, 0.6) is 5.75 Å². The first kappa shape index (κ1) is 20.0. The monoisotopic (exact) mass is 391 g/mol. The largest absolute Gasteiger partial charge is 0.494 e. The third kappa shape index (κ3) is 5.64. The predicted octanol–water partition coefficient (Wildman–Crippen LogP) is 5.87. The van der Waals surface area contributed by atoms with Crippen molar-refractivity contribution < 1.29 is 9.53 Å². The van der Waals surface area contributed by atoms with Gasteiger partial charge in [0.05, 0.1) is 12.6 Å². The topological polar surface area (TPSA) is 38.3 Å². The molecule has 1 N–H and O–H groups in total. The molecule has 3 rings (SSSR count). The van der Waals surface area contributed by atoms with E-state index < -0.39 is 0 Å². The molecule has 0 saturated heterocycles. The van der Waals surface area contributed by atoms with Crippen molar-refractivity contribution in [1.29, 1.82) is 0 Å². The molecule has 3 nitrogen and oxygen atoms in total. The molecule has 0 radical (unpaired) electrons. The average Bonchev–Trinajstić information content (AvgIpc) is 2.74. The Bertz CT molecular complexity index is 877. The summed E-state index contributed by atoms with van der Waals surface area (Å²) in [5.41, 5.74) is 2.92. The molecule has 0 aromatic heterocycles. The van der Waals surface area contributed by atoms with E-state index in [1.807, 2.05) is 80.6 Å². The highest BCUT2D eigenvalue weighted by Crippen LogP contribution is 2.23. The molecular weight excluding hydrogens is 366 g/mol. The fraction of sp³-hybridized carbons (Fsp3) is 0.208. The standard InChI is InChI=1S/C24H25NO2S/c1-3-27-22-15-13-20(14-16-22)18(2)25-24(26)21-11-9-19(10-12-21)17-28-23-7-5-4-6-8-23/h4-16,18H,3,17H2,1-2H3,(H,25,26). The second kappa shape index (κ2) is 10.00. The lowest BCUT2D eigenvalue weighted by Crippen LogP contribution is -2.26. The SMILES string of the molecule is CCOc1ccc(C(C)NC(=O)c2ccc(CSc3ccccc3)cc2)cc1. The Labute approximate surface area is 171 Å². The first-order valence-electron chi connectivity index (χ1n) is 9.46. The minimum atomic E-state index is -0.0727. The molecule has 4 heteroatoms. The molecule has 0 spiro atoms. The molecule has 144 valence electrons. The van der Waals surface area contributed by atoms with E-state index in [4.69, 9.17) is 4.74 Å². The van der Waals surface area contributed by atoms with Gasteiger partial charge in [-0.15, -0.1) is 11.8 Å². The summed E-state index contributed by atoms with van der Waals surface area (Å²) in [6.45, 7) is 4.59. The summed E-state index contributed by atoms with van der Waals surface area (Å²) in [4.78, 5) is 13.8. The molecule has 0 bridgehead atoms. The first-order valence-corrected chi connectivity index (χ1v) is 10.4. The molecule has 0 fully saturated rings. The van der Waals surface area contributed by atoms with Gasteiger partial charge in [-0.25, -0.2) is 0 Å². The van der Waals surface area contributed by atoms with E-state index in [2.05, 4.69) is 17.4 Å². The number of ether oxygens (including phenoxy) is 1. The lowest BCUT2D eigenvalue weighted by Gasteiger charge is -2.15. The van der Waals surface area contributed by atoms with E-state index in [0.717, 1.165) is 17.1 Å². The fourth-order valence-corrected chi connectivity index (χ4v) is 3.69. The van der Waals surface area contributed by atoms with Gasteiger partial charge < -0.3 is 10.1 Å². The number of nitrogens with one attached hydrogen (secondary N) is 1. The molecule has 0 heterocycles. The Balaban J connectivity index is 1.55. The summed E-state index contributed by atoms with van der Waals surface area (Å²) < 4.78 is 5.46. The van der Waals surface area contributed by atoms with E-state index in [-0.39, 0.29) is 11.9 Å². The van der Waals surface area contributed by atoms with Crippen LogP contribution >= 0.6 is 11.8 Å². The molecule has 0 aliphatic carbocycles. The van der Waals surface area contributed by atoms with Gasteiger partial charge in [0, 0.05) is 16.2 Å². The van der Waals surface area contributed by atoms with Crippen molar-refractivity contribution in [1.82, 2.24) is 5.32 Å². The number of rotatable bonds is 8. The van der Waals surface area contributed by atoms with Crippen molar-refractivity contribution in [2.24, 2.45) is 0 Å². The van der Waals surface area contributed by atoms with Crippen LogP contribution in [-0.2, 0) is 5.75 Å². The van der Waals surface area contributed by atoms with E-state index in [0.29, 0.717) is 12.2 Å². The van der Waals surface area contributed by atoms with Crippen LogP contribution in [0.3, 0.4) is 0 Å². The Morgan fingerprint density at radius 1 is 0.964 bits per heavy atom. The van der Waals surface area contributed by atoms with Crippen molar-refractivity contribution in [3.8, 4) is 5.75 Å². The average molecular weight is 392 g/mol. The van der Waals surface area contributed by atoms with Gasteiger partial charge in [0.1, 0.15) is 5.75 Å². The minimum Gasteiger partial charge on any atom is -0.494 e. The van der Waals surface area contributed by atoms with Gasteiger partial charge in [0.25, 0.3) is 5.91 Å². The van der Waals surface area contributed by atoms with Crippen LogP contribution in [-0.4, -0.2) is 12.5 Å². The van der Waals surface area contributed by atoms with Gasteiger partial charge in [-0.05, 0) is 61.4 Å². The minimum absolute atomic E-state index is 0.0661. The summed E-state index contributed by atoms with van der Waals surface area (Å²) in [6.07, 6.45) is 0. The Hall–Kier alpha value is -2.72. The van der Waals surface area contributed by atoms with Crippen LogP contribution in [0, 0.1) is 0 Å². The molecule has 3 aromatic carbocycles. The lowest BCUT2D eigenvalue weighted by molar-refractivity contribution is 0.0940. The number of amides is 1. The lowest BCUT2D eigenvalue weighted by atomic mass is 10.1. The maximum atomic E-state index is 12.5. The molecule has 0 saturated carbocycles. The zero-order valence-corrected chi connectivity index (χ0v) is 17.0. The van der Waals surface area contributed by atoms with Crippen LogP contribution < -0.4 is 10.1 Å². The van der Waals surface area contributed by atoms with Gasteiger partial charge in [-0.3, -0.25) is 4.79 Å².